The van der Waals surface area contributed by atoms with Gasteiger partial charge in [-0.05, 0) is 53.6 Å². The molecular formula is C36H30F2Hf. The smallest absolute Gasteiger partial charge is 0.358 e. The van der Waals surface area contributed by atoms with Crippen molar-refractivity contribution >= 4 is 21.5 Å². The molecule has 0 amide bonds. The maximum Gasteiger partial charge on any atom is 4.00 e. The topological polar surface area (TPSA) is 0 Å². The average Bonchev–Trinajstić information content (AvgIpc) is 3.49. The number of benzene rings is 4. The number of halogens is 2. The van der Waals surface area contributed by atoms with E-state index in [1.54, 1.807) is 0 Å². The molecule has 6 aromatic carbocycles. The van der Waals surface area contributed by atoms with E-state index < -0.39 is 0 Å². The predicted molar refractivity (Wildman–Crippen MR) is 157 cm³/mol. The third kappa shape index (κ3) is 4.76. The van der Waals surface area contributed by atoms with Crippen LogP contribution in [0.2, 0.25) is 0 Å². The zero-order valence-corrected chi connectivity index (χ0v) is 25.9. The molecule has 39 heavy (non-hydrogen) atoms. The molecule has 0 unspecified atom stereocenters. The summed E-state index contributed by atoms with van der Waals surface area (Å²) in [4.78, 5) is 0. The van der Waals surface area contributed by atoms with Crippen molar-refractivity contribution in [2.24, 2.45) is 0 Å². The summed E-state index contributed by atoms with van der Waals surface area (Å²) in [6, 6.07) is 35.7. The molecule has 0 aliphatic heterocycles. The zero-order valence-electron chi connectivity index (χ0n) is 22.3. The average molecular weight is 679 g/mol. The van der Waals surface area contributed by atoms with Gasteiger partial charge in [-0.25, -0.2) is 8.78 Å². The van der Waals surface area contributed by atoms with Crippen LogP contribution in [0.25, 0.3) is 43.8 Å². The third-order valence-corrected chi connectivity index (χ3v) is 8.12. The van der Waals surface area contributed by atoms with Gasteiger partial charge < -0.3 is 14.9 Å². The number of fused-ring (bicyclic) bond motifs is 2. The van der Waals surface area contributed by atoms with Gasteiger partial charge in [-0.1, -0.05) is 53.9 Å². The van der Waals surface area contributed by atoms with Crippen LogP contribution in [0, 0.1) is 26.5 Å². The Bertz CT molecular complexity index is 1590. The van der Waals surface area contributed by atoms with Crippen LogP contribution in [0.5, 0.6) is 0 Å². The van der Waals surface area contributed by atoms with Crippen LogP contribution < -0.4 is 0 Å². The van der Waals surface area contributed by atoms with Crippen LogP contribution >= 0.6 is 0 Å². The largest absolute Gasteiger partial charge is 4.00 e. The Kier molecular flexibility index (Phi) is 8.23. The molecular weight excluding hydrogens is 649 g/mol. The predicted octanol–water partition coefficient (Wildman–Crippen LogP) is 10.4. The molecule has 0 radical (unpaired) electrons. The summed E-state index contributed by atoms with van der Waals surface area (Å²) in [6.07, 6.45) is 3.45. The third-order valence-electron chi connectivity index (χ3n) is 8.12. The van der Waals surface area contributed by atoms with Crippen LogP contribution in [0.3, 0.4) is 0 Å². The second-order valence-corrected chi connectivity index (χ2v) is 10.1. The summed E-state index contributed by atoms with van der Waals surface area (Å²) in [6.45, 7) is 0. The first-order valence-electron chi connectivity index (χ1n) is 12.5. The first-order valence-corrected chi connectivity index (χ1v) is 12.5. The van der Waals surface area contributed by atoms with E-state index >= 15 is 0 Å². The second kappa shape index (κ2) is 11.1. The minimum atomic E-state index is -0.217. The first-order chi connectivity index (χ1) is 17.6. The van der Waals surface area contributed by atoms with Crippen LogP contribution in [0.4, 0.5) is 8.78 Å². The minimum Gasteiger partial charge on any atom is -0.358 e. The van der Waals surface area contributed by atoms with Gasteiger partial charge >= 0.3 is 25.8 Å². The quantitative estimate of drug-likeness (QED) is 0.129. The molecule has 0 aromatic heterocycles. The molecule has 1 aliphatic rings. The molecule has 0 saturated heterocycles. The van der Waals surface area contributed by atoms with E-state index in [-0.39, 0.29) is 57.7 Å². The summed E-state index contributed by atoms with van der Waals surface area (Å²) in [5.41, 5.74) is 7.06. The van der Waals surface area contributed by atoms with Gasteiger partial charge in [0, 0.05) is 0 Å². The van der Waals surface area contributed by atoms with E-state index in [0.717, 1.165) is 35.1 Å². The van der Waals surface area contributed by atoms with Crippen molar-refractivity contribution in [1.29, 1.82) is 0 Å². The number of hydrogen-bond acceptors (Lipinski definition) is 0. The van der Waals surface area contributed by atoms with Crippen molar-refractivity contribution in [1.82, 2.24) is 0 Å². The van der Waals surface area contributed by atoms with Crippen LogP contribution in [-0.2, 0) is 31.3 Å². The van der Waals surface area contributed by atoms with Crippen molar-refractivity contribution in [3.05, 3.63) is 147 Å². The van der Waals surface area contributed by atoms with Crippen molar-refractivity contribution < 1.29 is 34.6 Å². The Morgan fingerprint density at radius 1 is 0.564 bits per heavy atom. The summed E-state index contributed by atoms with van der Waals surface area (Å²) in [5.74, 6) is -0.434. The summed E-state index contributed by atoms with van der Waals surface area (Å²) in [5, 5.41) is 4.88. The normalized spacial score (nSPS) is 13.7. The van der Waals surface area contributed by atoms with Crippen LogP contribution in [-0.4, -0.2) is 0 Å². The van der Waals surface area contributed by atoms with E-state index in [1.807, 2.05) is 24.3 Å². The van der Waals surface area contributed by atoms with E-state index in [4.69, 9.17) is 0 Å². The Balaban J connectivity index is 0.00000118. The van der Waals surface area contributed by atoms with Gasteiger partial charge in [-0.15, -0.1) is 69.1 Å². The van der Waals surface area contributed by atoms with E-state index in [1.165, 1.54) is 63.4 Å². The zero-order chi connectivity index (χ0) is 24.3. The molecule has 7 rings (SSSR count). The standard InChI is InChI=1S/C34H24F2.2CH3.Hf/c35-28-12-8-22(9-13-28)30-6-1-4-24-18-26(20-32(24)30)34(16-3-17-34)27-19-25-5-2-7-31(33(25)21-27)23-10-14-29(36)15-11-23;;;/h1-2,4-15,18-21H,3,16-17H2;2*1H3;/q-2;2*-1;+4. The molecule has 0 spiro atoms. The second-order valence-electron chi connectivity index (χ2n) is 10.1. The van der Waals surface area contributed by atoms with Gasteiger partial charge in [0.15, 0.2) is 0 Å². The summed E-state index contributed by atoms with van der Waals surface area (Å²) < 4.78 is 27.1. The van der Waals surface area contributed by atoms with Gasteiger partial charge in [-0.2, -0.15) is 12.1 Å². The van der Waals surface area contributed by atoms with Gasteiger partial charge in [0.05, 0.1) is 0 Å². The van der Waals surface area contributed by atoms with Crippen molar-refractivity contribution in [3.8, 4) is 22.3 Å². The molecule has 3 heteroatoms. The molecule has 0 N–H and O–H groups in total. The van der Waals surface area contributed by atoms with Crippen LogP contribution in [0.1, 0.15) is 30.4 Å². The Labute approximate surface area is 248 Å². The molecule has 1 aliphatic carbocycles. The summed E-state index contributed by atoms with van der Waals surface area (Å²) in [7, 11) is 0. The molecule has 192 valence electrons. The van der Waals surface area contributed by atoms with Crippen molar-refractivity contribution in [2.45, 2.75) is 24.7 Å². The summed E-state index contributed by atoms with van der Waals surface area (Å²) >= 11 is 0. The first kappa shape index (κ1) is 28.8. The number of rotatable bonds is 4. The van der Waals surface area contributed by atoms with Gasteiger partial charge in [0.2, 0.25) is 0 Å². The van der Waals surface area contributed by atoms with Gasteiger partial charge in [0.1, 0.15) is 11.6 Å². The van der Waals surface area contributed by atoms with Crippen LogP contribution in [0.15, 0.2) is 109 Å². The number of hydrogen-bond donors (Lipinski definition) is 0. The molecule has 1 fully saturated rings. The van der Waals surface area contributed by atoms with E-state index in [0.29, 0.717) is 0 Å². The monoisotopic (exact) mass is 680 g/mol. The molecule has 0 atom stereocenters. The van der Waals surface area contributed by atoms with Crippen molar-refractivity contribution in [2.75, 3.05) is 0 Å². The molecule has 0 heterocycles. The fourth-order valence-electron chi connectivity index (χ4n) is 6.06. The maximum absolute atomic E-state index is 13.5. The molecule has 0 nitrogen and oxygen atoms in total. The fourth-order valence-corrected chi connectivity index (χ4v) is 6.06. The Morgan fingerprint density at radius 3 is 1.33 bits per heavy atom. The van der Waals surface area contributed by atoms with Gasteiger partial charge in [0.25, 0.3) is 0 Å². The maximum atomic E-state index is 13.5. The Morgan fingerprint density at radius 2 is 0.974 bits per heavy atom. The van der Waals surface area contributed by atoms with E-state index in [2.05, 4.69) is 60.7 Å². The molecule has 1 saturated carbocycles. The van der Waals surface area contributed by atoms with Gasteiger partial charge in [-0.3, -0.25) is 0 Å². The fraction of sp³-hybridized carbons (Fsp3) is 0.111. The minimum absolute atomic E-state index is 0. The Hall–Kier alpha value is -3.17. The molecule has 0 bridgehead atoms. The molecule has 6 aromatic rings. The van der Waals surface area contributed by atoms with Crippen molar-refractivity contribution in [3.63, 3.8) is 0 Å². The SMILES string of the molecule is Fc1ccc(-c2cccc3[cH-]c(C4(c5cc6c(-c7ccc(F)cc7)cccc6[cH-]5)CCC4)cc23)cc1.[CH3-].[CH3-].[Hf+4]. The van der Waals surface area contributed by atoms with E-state index in [9.17, 15) is 8.78 Å².